The lowest BCUT2D eigenvalue weighted by Gasteiger charge is -2.17. The van der Waals surface area contributed by atoms with E-state index in [1.165, 1.54) is 11.3 Å². The first-order chi connectivity index (χ1) is 11.1. The van der Waals surface area contributed by atoms with Crippen LogP contribution in [0.3, 0.4) is 0 Å². The zero-order valence-corrected chi connectivity index (χ0v) is 13.7. The maximum atomic E-state index is 12.7. The smallest absolute Gasteiger partial charge is 0.260 e. The van der Waals surface area contributed by atoms with Crippen LogP contribution in [-0.2, 0) is 0 Å². The van der Waals surface area contributed by atoms with E-state index in [9.17, 15) is 4.79 Å². The standard InChI is InChI=1S/C18H15N3OS/c1-3-21(17(22)14-9-7-13(11-19)8-10-14)18-20-16-12(2)5-4-6-15(16)23-18/h4-10H,3H2,1-2H3. The molecule has 2 aromatic carbocycles. The molecule has 0 aliphatic rings. The van der Waals surface area contributed by atoms with Crippen molar-refractivity contribution in [2.45, 2.75) is 13.8 Å². The third-order valence-electron chi connectivity index (χ3n) is 3.66. The van der Waals surface area contributed by atoms with E-state index in [1.807, 2.05) is 32.0 Å². The highest BCUT2D eigenvalue weighted by molar-refractivity contribution is 7.22. The van der Waals surface area contributed by atoms with Crippen molar-refractivity contribution in [3.05, 3.63) is 59.2 Å². The number of amides is 1. The van der Waals surface area contributed by atoms with Crippen molar-refractivity contribution in [1.82, 2.24) is 4.98 Å². The van der Waals surface area contributed by atoms with E-state index in [4.69, 9.17) is 5.26 Å². The van der Waals surface area contributed by atoms with E-state index in [-0.39, 0.29) is 5.91 Å². The number of nitrogens with zero attached hydrogens (tertiary/aromatic N) is 3. The van der Waals surface area contributed by atoms with Crippen LogP contribution in [0.25, 0.3) is 10.2 Å². The van der Waals surface area contributed by atoms with Crippen molar-refractivity contribution < 1.29 is 4.79 Å². The van der Waals surface area contributed by atoms with E-state index in [1.54, 1.807) is 29.2 Å². The molecule has 0 N–H and O–H groups in total. The van der Waals surface area contributed by atoms with Gasteiger partial charge in [0.2, 0.25) is 0 Å². The summed E-state index contributed by atoms with van der Waals surface area (Å²) in [6, 6.07) is 14.8. The van der Waals surface area contributed by atoms with Gasteiger partial charge in [-0.1, -0.05) is 23.5 Å². The highest BCUT2D eigenvalue weighted by atomic mass is 32.1. The number of thiazole rings is 1. The van der Waals surface area contributed by atoms with Gasteiger partial charge in [-0.3, -0.25) is 9.69 Å². The van der Waals surface area contributed by atoms with Crippen LogP contribution in [0.2, 0.25) is 0 Å². The largest absolute Gasteiger partial charge is 0.284 e. The van der Waals surface area contributed by atoms with Gasteiger partial charge in [0, 0.05) is 12.1 Å². The van der Waals surface area contributed by atoms with Gasteiger partial charge in [-0.15, -0.1) is 0 Å². The summed E-state index contributed by atoms with van der Waals surface area (Å²) in [5.41, 5.74) is 3.15. The fraction of sp³-hybridized carbons (Fsp3) is 0.167. The molecular formula is C18H15N3OS. The number of nitriles is 1. The van der Waals surface area contributed by atoms with E-state index in [0.717, 1.165) is 15.8 Å². The third-order valence-corrected chi connectivity index (χ3v) is 4.71. The van der Waals surface area contributed by atoms with Gasteiger partial charge in [0.15, 0.2) is 5.13 Å². The summed E-state index contributed by atoms with van der Waals surface area (Å²) in [6.07, 6.45) is 0. The van der Waals surface area contributed by atoms with E-state index in [2.05, 4.69) is 11.1 Å². The number of hydrogen-bond donors (Lipinski definition) is 0. The minimum absolute atomic E-state index is 0.103. The summed E-state index contributed by atoms with van der Waals surface area (Å²) in [5, 5.41) is 9.55. The molecule has 0 atom stereocenters. The molecular weight excluding hydrogens is 306 g/mol. The average Bonchev–Trinajstić information content (AvgIpc) is 3.01. The monoisotopic (exact) mass is 321 g/mol. The molecule has 1 aromatic heterocycles. The number of para-hydroxylation sites is 1. The van der Waals surface area contributed by atoms with E-state index < -0.39 is 0 Å². The number of anilines is 1. The molecule has 3 aromatic rings. The van der Waals surface area contributed by atoms with Crippen molar-refractivity contribution in [3.63, 3.8) is 0 Å². The van der Waals surface area contributed by atoms with Crippen molar-refractivity contribution in [1.29, 1.82) is 5.26 Å². The first-order valence-corrected chi connectivity index (χ1v) is 8.14. The molecule has 3 rings (SSSR count). The molecule has 1 amide bonds. The minimum Gasteiger partial charge on any atom is -0.284 e. The molecule has 0 aliphatic heterocycles. The Kier molecular flexibility index (Phi) is 4.09. The van der Waals surface area contributed by atoms with E-state index in [0.29, 0.717) is 22.8 Å². The number of fused-ring (bicyclic) bond motifs is 1. The lowest BCUT2D eigenvalue weighted by Crippen LogP contribution is -2.30. The Morgan fingerprint density at radius 2 is 2.00 bits per heavy atom. The second kappa shape index (κ2) is 6.19. The van der Waals surface area contributed by atoms with Gasteiger partial charge in [0.1, 0.15) is 0 Å². The Morgan fingerprint density at radius 3 is 2.61 bits per heavy atom. The first kappa shape index (κ1) is 15.2. The van der Waals surface area contributed by atoms with Gasteiger partial charge >= 0.3 is 0 Å². The van der Waals surface area contributed by atoms with E-state index >= 15 is 0 Å². The number of aryl methyl sites for hydroxylation is 1. The van der Waals surface area contributed by atoms with Crippen LogP contribution >= 0.6 is 11.3 Å². The molecule has 0 radical (unpaired) electrons. The lowest BCUT2D eigenvalue weighted by molar-refractivity contribution is 0.0988. The van der Waals surface area contributed by atoms with Gasteiger partial charge < -0.3 is 0 Å². The Labute approximate surface area is 138 Å². The van der Waals surface area contributed by atoms with Gasteiger partial charge in [0.25, 0.3) is 5.91 Å². The number of rotatable bonds is 3. The molecule has 0 aliphatic carbocycles. The average molecular weight is 321 g/mol. The Bertz CT molecular complexity index is 906. The second-order valence-electron chi connectivity index (χ2n) is 5.16. The van der Waals surface area contributed by atoms with Crippen LogP contribution in [0.4, 0.5) is 5.13 Å². The van der Waals surface area contributed by atoms with Crippen molar-refractivity contribution in [3.8, 4) is 6.07 Å². The van der Waals surface area contributed by atoms with Crippen LogP contribution in [0, 0.1) is 18.3 Å². The van der Waals surface area contributed by atoms with Crippen LogP contribution in [0.15, 0.2) is 42.5 Å². The Hall–Kier alpha value is -2.71. The molecule has 5 heteroatoms. The lowest BCUT2D eigenvalue weighted by atomic mass is 10.1. The maximum Gasteiger partial charge on any atom is 0.260 e. The number of carbonyl (C=O) groups is 1. The van der Waals surface area contributed by atoms with Crippen molar-refractivity contribution >= 4 is 32.6 Å². The van der Waals surface area contributed by atoms with Gasteiger partial charge in [-0.25, -0.2) is 4.98 Å². The summed E-state index contributed by atoms with van der Waals surface area (Å²) < 4.78 is 1.08. The molecule has 114 valence electrons. The highest BCUT2D eigenvalue weighted by Gasteiger charge is 2.20. The van der Waals surface area contributed by atoms with Crippen LogP contribution in [-0.4, -0.2) is 17.4 Å². The molecule has 0 fully saturated rings. The molecule has 0 unspecified atom stereocenters. The summed E-state index contributed by atoms with van der Waals surface area (Å²) in [4.78, 5) is 19.1. The normalized spacial score (nSPS) is 10.5. The fourth-order valence-electron chi connectivity index (χ4n) is 2.40. The fourth-order valence-corrected chi connectivity index (χ4v) is 3.50. The Balaban J connectivity index is 1.98. The number of benzene rings is 2. The van der Waals surface area contributed by atoms with Crippen LogP contribution < -0.4 is 4.90 Å². The zero-order valence-electron chi connectivity index (χ0n) is 12.9. The van der Waals surface area contributed by atoms with Gasteiger partial charge in [0.05, 0.1) is 21.8 Å². The van der Waals surface area contributed by atoms with Gasteiger partial charge in [-0.05, 0) is 49.7 Å². The predicted molar refractivity (Wildman–Crippen MR) is 92.9 cm³/mol. The Morgan fingerprint density at radius 1 is 1.26 bits per heavy atom. The first-order valence-electron chi connectivity index (χ1n) is 7.32. The van der Waals surface area contributed by atoms with Crippen LogP contribution in [0.5, 0.6) is 0 Å². The minimum atomic E-state index is -0.103. The molecule has 0 bridgehead atoms. The van der Waals surface area contributed by atoms with Crippen LogP contribution in [0.1, 0.15) is 28.4 Å². The molecule has 0 saturated carbocycles. The maximum absolute atomic E-state index is 12.7. The molecule has 1 heterocycles. The number of hydrogen-bond acceptors (Lipinski definition) is 4. The zero-order chi connectivity index (χ0) is 16.4. The van der Waals surface area contributed by atoms with Crippen molar-refractivity contribution in [2.24, 2.45) is 0 Å². The summed E-state index contributed by atoms with van der Waals surface area (Å²) >= 11 is 1.52. The summed E-state index contributed by atoms with van der Waals surface area (Å²) in [6.45, 7) is 4.49. The molecule has 0 saturated heterocycles. The van der Waals surface area contributed by atoms with Crippen molar-refractivity contribution in [2.75, 3.05) is 11.4 Å². The second-order valence-corrected chi connectivity index (χ2v) is 6.17. The highest BCUT2D eigenvalue weighted by Crippen LogP contribution is 2.31. The summed E-state index contributed by atoms with van der Waals surface area (Å²) in [5.74, 6) is -0.103. The molecule has 4 nitrogen and oxygen atoms in total. The topological polar surface area (TPSA) is 57.0 Å². The molecule has 0 spiro atoms. The quantitative estimate of drug-likeness (QED) is 0.728. The SMILES string of the molecule is CCN(C(=O)c1ccc(C#N)cc1)c1nc2c(C)cccc2s1. The molecule has 23 heavy (non-hydrogen) atoms. The predicted octanol–water partition coefficient (Wildman–Crippen LogP) is 4.14. The number of aromatic nitrogens is 1. The third kappa shape index (κ3) is 2.81. The number of carbonyl (C=O) groups excluding carboxylic acids is 1. The van der Waals surface area contributed by atoms with Gasteiger partial charge in [-0.2, -0.15) is 5.26 Å². The summed E-state index contributed by atoms with van der Waals surface area (Å²) in [7, 11) is 0.